The van der Waals surface area contributed by atoms with Crippen LogP contribution in [0.25, 0.3) is 0 Å². The van der Waals surface area contributed by atoms with Gasteiger partial charge >= 0.3 is 5.97 Å². The number of carbonyl (C=O) groups is 1. The molecule has 2 aromatic rings. The minimum absolute atomic E-state index is 0.00347. The molecule has 0 heterocycles. The first-order chi connectivity index (χ1) is 12.2. The van der Waals surface area contributed by atoms with Gasteiger partial charge in [-0.25, -0.2) is 4.79 Å². The molecule has 0 spiro atoms. The van der Waals surface area contributed by atoms with E-state index in [0.29, 0.717) is 11.3 Å². The third kappa shape index (κ3) is 6.84. The molecule has 0 amide bonds. The van der Waals surface area contributed by atoms with E-state index < -0.39 is 0 Å². The molecule has 0 aliphatic rings. The molecule has 2 rings (SSSR count). The zero-order chi connectivity index (χ0) is 17.9. The molecule has 3 nitrogen and oxygen atoms in total. The zero-order valence-electron chi connectivity index (χ0n) is 15.0. The van der Waals surface area contributed by atoms with Crippen molar-refractivity contribution >= 4 is 5.97 Å². The number of hydrogen-bond acceptors (Lipinski definition) is 3. The number of allylic oxidation sites excluding steroid dienone is 1. The van der Waals surface area contributed by atoms with E-state index in [4.69, 9.17) is 9.47 Å². The Balaban J connectivity index is 1.83. The van der Waals surface area contributed by atoms with E-state index in [1.165, 1.54) is 19.3 Å². The molecule has 0 saturated carbocycles. The van der Waals surface area contributed by atoms with Crippen molar-refractivity contribution in [3.63, 3.8) is 0 Å². The number of ether oxygens (including phenoxy) is 2. The summed E-state index contributed by atoms with van der Waals surface area (Å²) in [5, 5.41) is 0. The standard InChI is InChI=1S/C22H26O3/c1-3-4-5-6-8-11-18(2)24-21-16-14-19(15-17-21)22(23)25-20-12-9-7-10-13-20/h7-18H,3-6H2,1-2H3/b11-8+/t18-/m1/s1. The fraction of sp³-hybridized carbons (Fsp3) is 0.318. The Hall–Kier alpha value is -2.55. The second kappa shape index (κ2) is 10.3. The summed E-state index contributed by atoms with van der Waals surface area (Å²) in [6.45, 7) is 4.21. The summed E-state index contributed by atoms with van der Waals surface area (Å²) in [6, 6.07) is 16.1. The molecule has 0 unspecified atom stereocenters. The third-order valence-electron chi connectivity index (χ3n) is 3.75. The number of benzene rings is 2. The summed E-state index contributed by atoms with van der Waals surface area (Å²) in [4.78, 5) is 12.1. The van der Waals surface area contributed by atoms with Crippen molar-refractivity contribution in [2.75, 3.05) is 0 Å². The molecule has 132 valence electrons. The maximum Gasteiger partial charge on any atom is 0.343 e. The molecule has 25 heavy (non-hydrogen) atoms. The quantitative estimate of drug-likeness (QED) is 0.250. The highest BCUT2D eigenvalue weighted by Gasteiger charge is 2.09. The zero-order valence-corrected chi connectivity index (χ0v) is 15.0. The number of hydrogen-bond donors (Lipinski definition) is 0. The van der Waals surface area contributed by atoms with E-state index >= 15 is 0 Å². The smallest absolute Gasteiger partial charge is 0.343 e. The van der Waals surface area contributed by atoms with Gasteiger partial charge in [0.2, 0.25) is 0 Å². The predicted octanol–water partition coefficient (Wildman–Crippen LogP) is 5.81. The fourth-order valence-electron chi connectivity index (χ4n) is 2.38. The first-order valence-corrected chi connectivity index (χ1v) is 8.89. The Morgan fingerprint density at radius 1 is 1.00 bits per heavy atom. The van der Waals surface area contributed by atoms with E-state index in [2.05, 4.69) is 19.1 Å². The molecular weight excluding hydrogens is 312 g/mol. The first-order valence-electron chi connectivity index (χ1n) is 8.89. The fourth-order valence-corrected chi connectivity index (χ4v) is 2.38. The lowest BCUT2D eigenvalue weighted by molar-refractivity contribution is 0.0734. The van der Waals surface area contributed by atoms with E-state index in [1.807, 2.05) is 25.1 Å². The van der Waals surface area contributed by atoms with Crippen molar-refractivity contribution in [2.45, 2.75) is 45.6 Å². The monoisotopic (exact) mass is 338 g/mol. The number of unbranched alkanes of at least 4 members (excludes halogenated alkanes) is 3. The van der Waals surface area contributed by atoms with Gasteiger partial charge in [-0.15, -0.1) is 0 Å². The SMILES string of the molecule is CCCCC/C=C/[C@@H](C)Oc1ccc(C(=O)Oc2ccccc2)cc1. The minimum Gasteiger partial charge on any atom is -0.487 e. The molecule has 0 aromatic heterocycles. The van der Waals surface area contributed by atoms with Crippen LogP contribution in [-0.4, -0.2) is 12.1 Å². The maximum absolute atomic E-state index is 12.1. The molecule has 3 heteroatoms. The number of rotatable bonds is 9. The van der Waals surface area contributed by atoms with Crippen LogP contribution in [0.1, 0.15) is 49.9 Å². The van der Waals surface area contributed by atoms with E-state index in [9.17, 15) is 4.79 Å². The Morgan fingerprint density at radius 2 is 1.72 bits per heavy atom. The van der Waals surface area contributed by atoms with Crippen LogP contribution in [0.5, 0.6) is 11.5 Å². The van der Waals surface area contributed by atoms with Gasteiger partial charge in [-0.05, 0) is 62.2 Å². The molecule has 0 aliphatic carbocycles. The van der Waals surface area contributed by atoms with Crippen molar-refractivity contribution in [3.05, 3.63) is 72.3 Å². The summed E-state index contributed by atoms with van der Waals surface area (Å²) >= 11 is 0. The molecule has 0 saturated heterocycles. The van der Waals surface area contributed by atoms with Crippen LogP contribution in [0, 0.1) is 0 Å². The molecule has 0 N–H and O–H groups in total. The lowest BCUT2D eigenvalue weighted by atomic mass is 10.2. The van der Waals surface area contributed by atoms with Crippen molar-refractivity contribution in [2.24, 2.45) is 0 Å². The average molecular weight is 338 g/mol. The van der Waals surface area contributed by atoms with Crippen molar-refractivity contribution in [3.8, 4) is 11.5 Å². The van der Waals surface area contributed by atoms with Gasteiger partial charge in [0.05, 0.1) is 5.56 Å². The highest BCUT2D eigenvalue weighted by atomic mass is 16.5. The molecular formula is C22H26O3. The molecule has 0 aliphatic heterocycles. The van der Waals surface area contributed by atoms with Crippen LogP contribution in [0.3, 0.4) is 0 Å². The van der Waals surface area contributed by atoms with Crippen molar-refractivity contribution < 1.29 is 14.3 Å². The summed E-state index contributed by atoms with van der Waals surface area (Å²) in [7, 11) is 0. The number of carbonyl (C=O) groups excluding carboxylic acids is 1. The Kier molecular flexibility index (Phi) is 7.77. The highest BCUT2D eigenvalue weighted by Crippen LogP contribution is 2.17. The Morgan fingerprint density at radius 3 is 2.40 bits per heavy atom. The van der Waals surface area contributed by atoms with Crippen LogP contribution in [0.2, 0.25) is 0 Å². The molecule has 1 atom stereocenters. The normalized spacial score (nSPS) is 12.1. The summed E-state index contributed by atoms with van der Waals surface area (Å²) < 4.78 is 11.2. The van der Waals surface area contributed by atoms with Crippen LogP contribution in [0.15, 0.2) is 66.7 Å². The second-order valence-corrected chi connectivity index (χ2v) is 5.97. The van der Waals surface area contributed by atoms with Gasteiger partial charge in [0.1, 0.15) is 17.6 Å². The average Bonchev–Trinajstić information content (AvgIpc) is 2.63. The van der Waals surface area contributed by atoms with Crippen LogP contribution in [-0.2, 0) is 0 Å². The molecule has 0 fully saturated rings. The number of esters is 1. The van der Waals surface area contributed by atoms with Crippen LogP contribution < -0.4 is 9.47 Å². The Labute approximate surface area is 150 Å². The first kappa shape index (κ1) is 18.8. The van der Waals surface area contributed by atoms with Gasteiger partial charge in [-0.1, -0.05) is 44.0 Å². The summed E-state index contributed by atoms with van der Waals surface area (Å²) in [5.74, 6) is 0.901. The Bertz CT molecular complexity index is 659. The van der Waals surface area contributed by atoms with Crippen LogP contribution >= 0.6 is 0 Å². The van der Waals surface area contributed by atoms with Gasteiger partial charge in [0, 0.05) is 0 Å². The maximum atomic E-state index is 12.1. The molecule has 0 radical (unpaired) electrons. The third-order valence-corrected chi connectivity index (χ3v) is 3.75. The molecule has 2 aromatic carbocycles. The van der Waals surface area contributed by atoms with Gasteiger partial charge < -0.3 is 9.47 Å². The van der Waals surface area contributed by atoms with Crippen molar-refractivity contribution in [1.82, 2.24) is 0 Å². The lowest BCUT2D eigenvalue weighted by Crippen LogP contribution is -2.10. The second-order valence-electron chi connectivity index (χ2n) is 5.97. The highest BCUT2D eigenvalue weighted by molar-refractivity contribution is 5.91. The van der Waals surface area contributed by atoms with Gasteiger partial charge in [-0.2, -0.15) is 0 Å². The number of para-hydroxylation sites is 1. The lowest BCUT2D eigenvalue weighted by Gasteiger charge is -2.11. The van der Waals surface area contributed by atoms with Crippen molar-refractivity contribution in [1.29, 1.82) is 0 Å². The van der Waals surface area contributed by atoms with E-state index in [1.54, 1.807) is 36.4 Å². The van der Waals surface area contributed by atoms with Gasteiger partial charge in [0.25, 0.3) is 0 Å². The molecule has 0 bridgehead atoms. The topological polar surface area (TPSA) is 35.5 Å². The van der Waals surface area contributed by atoms with E-state index in [0.717, 1.165) is 12.2 Å². The predicted molar refractivity (Wildman–Crippen MR) is 101 cm³/mol. The largest absolute Gasteiger partial charge is 0.487 e. The minimum atomic E-state index is -0.374. The van der Waals surface area contributed by atoms with Gasteiger partial charge in [0.15, 0.2) is 0 Å². The van der Waals surface area contributed by atoms with Gasteiger partial charge in [-0.3, -0.25) is 0 Å². The van der Waals surface area contributed by atoms with E-state index in [-0.39, 0.29) is 12.1 Å². The summed E-state index contributed by atoms with van der Waals surface area (Å²) in [5.41, 5.74) is 0.499. The van der Waals surface area contributed by atoms with Crippen LogP contribution in [0.4, 0.5) is 0 Å². The summed E-state index contributed by atoms with van der Waals surface area (Å²) in [6.07, 6.45) is 9.06.